The number of morpholine rings is 2. The maximum atomic E-state index is 12.8. The highest BCUT2D eigenvalue weighted by molar-refractivity contribution is 6.06. The lowest BCUT2D eigenvalue weighted by Crippen LogP contribution is -2.41. The number of nitrogens with zero attached hydrogens (tertiary/aromatic N) is 3. The van der Waals surface area contributed by atoms with Crippen LogP contribution in [0.2, 0.25) is 0 Å². The molecule has 33 heavy (non-hydrogen) atoms. The Morgan fingerprint density at radius 1 is 1.00 bits per heavy atom. The molecular weight excluding hydrogens is 442 g/mol. The number of benzene rings is 1. The molecule has 8 nitrogen and oxygen atoms in total. The number of rotatable bonds is 6. The molecule has 3 aromatic rings. The second kappa shape index (κ2) is 11.0. The van der Waals surface area contributed by atoms with Crippen molar-refractivity contribution in [2.75, 3.05) is 70.6 Å². The molecule has 0 saturated carbocycles. The number of carbonyl (C=O) groups excluding carboxylic acids is 1. The predicted octanol–water partition coefficient (Wildman–Crippen LogP) is 2.55. The van der Waals surface area contributed by atoms with Gasteiger partial charge in [0.1, 0.15) is 5.65 Å². The maximum Gasteiger partial charge on any atom is 0.253 e. The van der Waals surface area contributed by atoms with Gasteiger partial charge in [-0.1, -0.05) is 12.1 Å². The Hall–Kier alpha value is -2.65. The van der Waals surface area contributed by atoms with Crippen LogP contribution >= 0.6 is 12.4 Å². The number of halogens is 1. The average molecular weight is 472 g/mol. The Balaban J connectivity index is 0.00000259. The SMILES string of the molecule is Cl.O=C(NCCN1CCOCC1)c1c[nH]c2ncc(-c3ccc(N4CCOCC4)cc3)cc12. The summed E-state index contributed by atoms with van der Waals surface area (Å²) in [5, 5.41) is 3.88. The number of H-pyrrole nitrogens is 1. The van der Waals surface area contributed by atoms with Crippen LogP contribution in [0.25, 0.3) is 22.2 Å². The van der Waals surface area contributed by atoms with E-state index in [1.165, 1.54) is 5.69 Å². The molecule has 2 fully saturated rings. The lowest BCUT2D eigenvalue weighted by Gasteiger charge is -2.28. The molecule has 9 heteroatoms. The van der Waals surface area contributed by atoms with Crippen molar-refractivity contribution < 1.29 is 14.3 Å². The molecule has 2 N–H and O–H groups in total. The molecule has 1 amide bonds. The van der Waals surface area contributed by atoms with Gasteiger partial charge in [0, 0.05) is 68.3 Å². The molecule has 2 aliphatic heterocycles. The molecule has 5 rings (SSSR count). The van der Waals surface area contributed by atoms with Gasteiger partial charge in [-0.25, -0.2) is 4.98 Å². The molecular formula is C24H30ClN5O3. The number of aromatic nitrogens is 2. The Morgan fingerprint density at radius 2 is 1.70 bits per heavy atom. The average Bonchev–Trinajstić information content (AvgIpc) is 3.29. The van der Waals surface area contributed by atoms with E-state index in [0.717, 1.165) is 81.3 Å². The van der Waals surface area contributed by atoms with Crippen molar-refractivity contribution in [2.45, 2.75) is 0 Å². The topological polar surface area (TPSA) is 82.7 Å². The van der Waals surface area contributed by atoms with E-state index in [-0.39, 0.29) is 18.3 Å². The van der Waals surface area contributed by atoms with Gasteiger partial charge in [-0.15, -0.1) is 12.4 Å². The largest absolute Gasteiger partial charge is 0.379 e. The summed E-state index contributed by atoms with van der Waals surface area (Å²) >= 11 is 0. The summed E-state index contributed by atoms with van der Waals surface area (Å²) in [5.41, 5.74) is 4.62. The number of nitrogens with one attached hydrogen (secondary N) is 2. The van der Waals surface area contributed by atoms with Gasteiger partial charge >= 0.3 is 0 Å². The first-order valence-corrected chi connectivity index (χ1v) is 11.3. The predicted molar refractivity (Wildman–Crippen MR) is 131 cm³/mol. The van der Waals surface area contributed by atoms with E-state index in [9.17, 15) is 4.79 Å². The van der Waals surface area contributed by atoms with Crippen LogP contribution in [0.5, 0.6) is 0 Å². The summed E-state index contributed by atoms with van der Waals surface area (Å²) < 4.78 is 10.8. The van der Waals surface area contributed by atoms with Crippen LogP contribution in [0.3, 0.4) is 0 Å². The molecule has 0 radical (unpaired) electrons. The van der Waals surface area contributed by atoms with Crippen LogP contribution in [-0.2, 0) is 9.47 Å². The summed E-state index contributed by atoms with van der Waals surface area (Å²) in [5.74, 6) is -0.0777. The van der Waals surface area contributed by atoms with Crippen molar-refractivity contribution in [3.05, 3.63) is 48.3 Å². The van der Waals surface area contributed by atoms with Crippen LogP contribution in [0.4, 0.5) is 5.69 Å². The Labute approximate surface area is 199 Å². The van der Waals surface area contributed by atoms with Gasteiger partial charge in [0.2, 0.25) is 0 Å². The number of fused-ring (bicyclic) bond motifs is 1. The molecule has 0 atom stereocenters. The van der Waals surface area contributed by atoms with Crippen molar-refractivity contribution in [3.63, 3.8) is 0 Å². The number of ether oxygens (including phenoxy) is 2. The van der Waals surface area contributed by atoms with E-state index in [2.05, 4.69) is 49.4 Å². The molecule has 0 bridgehead atoms. The number of hydrogen-bond donors (Lipinski definition) is 2. The van der Waals surface area contributed by atoms with Gasteiger partial charge < -0.3 is 24.7 Å². The van der Waals surface area contributed by atoms with Crippen LogP contribution < -0.4 is 10.2 Å². The summed E-state index contributed by atoms with van der Waals surface area (Å²) in [6, 6.07) is 10.5. The molecule has 0 unspecified atom stereocenters. The summed E-state index contributed by atoms with van der Waals surface area (Å²) in [6.45, 7) is 8.18. The van der Waals surface area contributed by atoms with Gasteiger partial charge in [0.25, 0.3) is 5.91 Å². The number of pyridine rings is 1. The minimum absolute atomic E-state index is 0. The van der Waals surface area contributed by atoms with E-state index >= 15 is 0 Å². The number of hydrogen-bond acceptors (Lipinski definition) is 6. The van der Waals surface area contributed by atoms with E-state index < -0.39 is 0 Å². The first-order chi connectivity index (χ1) is 15.8. The lowest BCUT2D eigenvalue weighted by atomic mass is 10.0. The number of amides is 1. The molecule has 1 aromatic carbocycles. The molecule has 0 aliphatic carbocycles. The third-order valence-electron chi connectivity index (χ3n) is 6.17. The second-order valence-electron chi connectivity index (χ2n) is 8.18. The molecule has 176 valence electrons. The van der Waals surface area contributed by atoms with Crippen LogP contribution in [0, 0.1) is 0 Å². The van der Waals surface area contributed by atoms with Crippen molar-refractivity contribution in [1.82, 2.24) is 20.2 Å². The van der Waals surface area contributed by atoms with Crippen molar-refractivity contribution in [1.29, 1.82) is 0 Å². The fraction of sp³-hybridized carbons (Fsp3) is 0.417. The minimum atomic E-state index is -0.0777. The fourth-order valence-electron chi connectivity index (χ4n) is 4.28. The zero-order valence-corrected chi connectivity index (χ0v) is 19.4. The van der Waals surface area contributed by atoms with Crippen LogP contribution in [-0.4, -0.2) is 86.5 Å². The quantitative estimate of drug-likeness (QED) is 0.575. The molecule has 2 aliphatic rings. The highest BCUT2D eigenvalue weighted by atomic mass is 35.5. The van der Waals surface area contributed by atoms with Gasteiger partial charge in [-0.3, -0.25) is 9.69 Å². The van der Waals surface area contributed by atoms with Gasteiger partial charge in [-0.2, -0.15) is 0 Å². The zero-order chi connectivity index (χ0) is 21.8. The van der Waals surface area contributed by atoms with E-state index in [4.69, 9.17) is 9.47 Å². The van der Waals surface area contributed by atoms with Crippen molar-refractivity contribution in [3.8, 4) is 11.1 Å². The van der Waals surface area contributed by atoms with Crippen LogP contribution in [0.15, 0.2) is 42.7 Å². The zero-order valence-electron chi connectivity index (χ0n) is 18.6. The fourth-order valence-corrected chi connectivity index (χ4v) is 4.28. The third kappa shape index (κ3) is 5.47. The Bertz CT molecular complexity index is 1060. The molecule has 4 heterocycles. The standard InChI is InChI=1S/C24H29N5O3.ClH/c30-24(25-5-6-28-7-11-31-12-8-28)22-17-27-23-21(22)15-19(16-26-23)18-1-3-20(4-2-18)29-9-13-32-14-10-29;/h1-4,15-17H,5-14H2,(H,25,30)(H,26,27);1H. The highest BCUT2D eigenvalue weighted by Crippen LogP contribution is 2.27. The Kier molecular flexibility index (Phi) is 7.82. The summed E-state index contributed by atoms with van der Waals surface area (Å²) in [7, 11) is 0. The monoisotopic (exact) mass is 471 g/mol. The van der Waals surface area contributed by atoms with Gasteiger partial charge in [0.15, 0.2) is 0 Å². The minimum Gasteiger partial charge on any atom is -0.379 e. The number of anilines is 1. The maximum absolute atomic E-state index is 12.8. The first kappa shape index (κ1) is 23.5. The van der Waals surface area contributed by atoms with E-state index in [1.807, 2.05) is 12.3 Å². The summed E-state index contributed by atoms with van der Waals surface area (Å²) in [4.78, 5) is 25.1. The number of carbonyl (C=O) groups is 1. The van der Waals surface area contributed by atoms with Crippen LogP contribution in [0.1, 0.15) is 10.4 Å². The summed E-state index contributed by atoms with van der Waals surface area (Å²) in [6.07, 6.45) is 3.59. The van der Waals surface area contributed by atoms with E-state index in [1.54, 1.807) is 6.20 Å². The second-order valence-corrected chi connectivity index (χ2v) is 8.18. The smallest absolute Gasteiger partial charge is 0.253 e. The lowest BCUT2D eigenvalue weighted by molar-refractivity contribution is 0.0383. The molecule has 0 spiro atoms. The normalized spacial score (nSPS) is 17.0. The Morgan fingerprint density at radius 3 is 2.42 bits per heavy atom. The molecule has 2 saturated heterocycles. The van der Waals surface area contributed by atoms with Crippen molar-refractivity contribution in [2.24, 2.45) is 0 Å². The van der Waals surface area contributed by atoms with Gasteiger partial charge in [0.05, 0.1) is 32.0 Å². The third-order valence-corrected chi connectivity index (χ3v) is 6.17. The highest BCUT2D eigenvalue weighted by Gasteiger charge is 2.16. The van der Waals surface area contributed by atoms with Gasteiger partial charge in [-0.05, 0) is 23.8 Å². The number of aromatic amines is 1. The molecule has 2 aromatic heterocycles. The van der Waals surface area contributed by atoms with Crippen molar-refractivity contribution >= 4 is 35.0 Å². The first-order valence-electron chi connectivity index (χ1n) is 11.3. The van der Waals surface area contributed by atoms with E-state index in [0.29, 0.717) is 12.1 Å².